The summed E-state index contributed by atoms with van der Waals surface area (Å²) in [6, 6.07) is 6.68. The van der Waals surface area contributed by atoms with E-state index in [-0.39, 0.29) is 29.6 Å². The number of carboxylic acids is 1. The van der Waals surface area contributed by atoms with Crippen LogP contribution in [0.3, 0.4) is 0 Å². The Kier molecular flexibility index (Phi) is 6.09. The molecule has 4 rings (SSSR count). The molecule has 170 valence electrons. The molecule has 0 aliphatic carbocycles. The van der Waals surface area contributed by atoms with E-state index in [4.69, 9.17) is 24.1 Å². The maximum atomic E-state index is 13.1. The van der Waals surface area contributed by atoms with Gasteiger partial charge in [-0.3, -0.25) is 14.9 Å². The standard InChI is InChI=1S/C21H15IN2O9/c1-30-16-6-10(5-13(22)18(16)31-8-17(25)26)4-12-19(27)23-21(29)24(20(12)28)11-2-3-14-15(7-11)33-9-32-14/h2-7H,8-9H2,1H3,(H,25,26)(H,23,27,29)/b12-4+. The smallest absolute Gasteiger partial charge is 0.341 e. The molecule has 0 spiro atoms. The number of urea groups is 1. The number of halogens is 1. The van der Waals surface area contributed by atoms with Crippen LogP contribution >= 0.6 is 22.6 Å². The fraction of sp³-hybridized carbons (Fsp3) is 0.143. The predicted octanol–water partition coefficient (Wildman–Crippen LogP) is 2.16. The van der Waals surface area contributed by atoms with Crippen molar-refractivity contribution in [2.45, 2.75) is 0 Å². The SMILES string of the molecule is COc1cc(/C=C2\C(=O)NC(=O)N(c3ccc4c(c3)OCO4)C2=O)cc(I)c1OCC(=O)O. The molecule has 33 heavy (non-hydrogen) atoms. The zero-order valence-corrected chi connectivity index (χ0v) is 19.1. The molecule has 1 fully saturated rings. The van der Waals surface area contributed by atoms with Crippen LogP contribution < -0.4 is 29.2 Å². The van der Waals surface area contributed by atoms with Gasteiger partial charge in [-0.25, -0.2) is 14.5 Å². The number of ether oxygens (including phenoxy) is 4. The molecule has 2 aliphatic heterocycles. The molecule has 0 saturated carbocycles. The Morgan fingerprint density at radius 3 is 2.70 bits per heavy atom. The van der Waals surface area contributed by atoms with Crippen molar-refractivity contribution in [3.63, 3.8) is 0 Å². The lowest BCUT2D eigenvalue weighted by molar-refractivity contribution is -0.139. The summed E-state index contributed by atoms with van der Waals surface area (Å²) < 4.78 is 21.5. The number of carboxylic acid groups (broad SMARTS) is 1. The lowest BCUT2D eigenvalue weighted by Gasteiger charge is -2.26. The molecular formula is C21H15IN2O9. The fourth-order valence-corrected chi connectivity index (χ4v) is 3.96. The molecule has 2 heterocycles. The average Bonchev–Trinajstić information content (AvgIpc) is 3.23. The number of nitrogens with one attached hydrogen (secondary N) is 1. The quantitative estimate of drug-likeness (QED) is 0.306. The molecule has 0 unspecified atom stereocenters. The summed E-state index contributed by atoms with van der Waals surface area (Å²) in [6.45, 7) is -0.546. The highest BCUT2D eigenvalue weighted by Gasteiger charge is 2.37. The number of barbiturate groups is 1. The van der Waals surface area contributed by atoms with Crippen molar-refractivity contribution in [2.24, 2.45) is 0 Å². The number of hydrogen-bond donors (Lipinski definition) is 2. The first-order valence-corrected chi connectivity index (χ1v) is 10.4. The zero-order valence-electron chi connectivity index (χ0n) is 16.9. The number of carbonyl (C=O) groups is 4. The molecule has 12 heteroatoms. The number of methoxy groups -OCH3 is 1. The minimum atomic E-state index is -1.16. The maximum Gasteiger partial charge on any atom is 0.341 e. The number of fused-ring (bicyclic) bond motifs is 1. The van der Waals surface area contributed by atoms with Gasteiger partial charge in [-0.05, 0) is 58.5 Å². The van der Waals surface area contributed by atoms with Gasteiger partial charge in [-0.15, -0.1) is 0 Å². The molecule has 0 aromatic heterocycles. The summed E-state index contributed by atoms with van der Waals surface area (Å²) in [5.41, 5.74) is 0.312. The topological polar surface area (TPSA) is 141 Å². The largest absolute Gasteiger partial charge is 0.493 e. The fourth-order valence-electron chi connectivity index (χ4n) is 3.18. The Morgan fingerprint density at radius 1 is 1.21 bits per heavy atom. The minimum absolute atomic E-state index is 0.0230. The average molecular weight is 566 g/mol. The summed E-state index contributed by atoms with van der Waals surface area (Å²) in [5, 5.41) is 11.0. The van der Waals surface area contributed by atoms with Crippen LogP contribution in [0.25, 0.3) is 6.08 Å². The number of nitrogens with zero attached hydrogens (tertiary/aromatic N) is 1. The van der Waals surface area contributed by atoms with E-state index in [1.807, 2.05) is 22.6 Å². The van der Waals surface area contributed by atoms with E-state index in [0.717, 1.165) is 4.90 Å². The first-order valence-electron chi connectivity index (χ1n) is 9.31. The van der Waals surface area contributed by atoms with Crippen LogP contribution in [0.5, 0.6) is 23.0 Å². The molecule has 2 aromatic carbocycles. The molecule has 11 nitrogen and oxygen atoms in total. The number of amides is 4. The molecule has 2 aromatic rings. The lowest BCUT2D eigenvalue weighted by Crippen LogP contribution is -2.54. The van der Waals surface area contributed by atoms with Gasteiger partial charge in [0, 0.05) is 6.07 Å². The summed E-state index contributed by atoms with van der Waals surface area (Å²) >= 11 is 1.92. The molecule has 2 aliphatic rings. The van der Waals surface area contributed by atoms with Crippen molar-refractivity contribution in [1.29, 1.82) is 0 Å². The zero-order chi connectivity index (χ0) is 23.7. The highest BCUT2D eigenvalue weighted by atomic mass is 127. The maximum absolute atomic E-state index is 13.1. The second-order valence-corrected chi connectivity index (χ2v) is 7.87. The normalized spacial score (nSPS) is 16.1. The van der Waals surface area contributed by atoms with Crippen molar-refractivity contribution in [3.05, 3.63) is 45.0 Å². The third kappa shape index (κ3) is 4.41. The Bertz CT molecular complexity index is 1220. The van der Waals surface area contributed by atoms with Gasteiger partial charge < -0.3 is 24.1 Å². The van der Waals surface area contributed by atoms with Crippen molar-refractivity contribution < 1.29 is 43.2 Å². The van der Waals surface area contributed by atoms with Crippen LogP contribution in [-0.2, 0) is 14.4 Å². The molecule has 0 atom stereocenters. The molecule has 4 amide bonds. The molecular weight excluding hydrogens is 551 g/mol. The number of benzene rings is 2. The van der Waals surface area contributed by atoms with E-state index >= 15 is 0 Å². The lowest BCUT2D eigenvalue weighted by atomic mass is 10.1. The van der Waals surface area contributed by atoms with Crippen LogP contribution in [0.1, 0.15) is 5.56 Å². The van der Waals surface area contributed by atoms with E-state index in [9.17, 15) is 19.2 Å². The van der Waals surface area contributed by atoms with Crippen LogP contribution in [0.2, 0.25) is 0 Å². The third-order valence-corrected chi connectivity index (χ3v) is 5.42. The summed E-state index contributed by atoms with van der Waals surface area (Å²) in [7, 11) is 1.37. The van der Waals surface area contributed by atoms with Crippen LogP contribution in [-0.4, -0.2) is 49.4 Å². The van der Waals surface area contributed by atoms with Gasteiger partial charge >= 0.3 is 12.0 Å². The van der Waals surface area contributed by atoms with Gasteiger partial charge in [0.15, 0.2) is 29.6 Å². The Morgan fingerprint density at radius 2 is 1.97 bits per heavy atom. The van der Waals surface area contributed by atoms with E-state index in [1.165, 1.54) is 31.4 Å². The number of carbonyl (C=O) groups excluding carboxylic acids is 3. The second-order valence-electron chi connectivity index (χ2n) is 6.71. The van der Waals surface area contributed by atoms with Gasteiger partial charge in [0.05, 0.1) is 16.4 Å². The highest BCUT2D eigenvalue weighted by molar-refractivity contribution is 14.1. The molecule has 0 radical (unpaired) electrons. The highest BCUT2D eigenvalue weighted by Crippen LogP contribution is 2.37. The van der Waals surface area contributed by atoms with E-state index in [2.05, 4.69) is 5.32 Å². The predicted molar refractivity (Wildman–Crippen MR) is 120 cm³/mol. The monoisotopic (exact) mass is 566 g/mol. The third-order valence-electron chi connectivity index (χ3n) is 4.62. The van der Waals surface area contributed by atoms with Crippen molar-refractivity contribution in [1.82, 2.24) is 5.32 Å². The van der Waals surface area contributed by atoms with Gasteiger partial charge in [0.25, 0.3) is 11.8 Å². The number of rotatable bonds is 6. The molecule has 1 saturated heterocycles. The number of imide groups is 2. The summed E-state index contributed by atoms with van der Waals surface area (Å²) in [4.78, 5) is 49.6. The first kappa shape index (κ1) is 22.4. The number of aliphatic carboxylic acids is 1. The van der Waals surface area contributed by atoms with Gasteiger partial charge in [-0.2, -0.15) is 0 Å². The Balaban J connectivity index is 1.69. The van der Waals surface area contributed by atoms with E-state index in [0.29, 0.717) is 20.6 Å². The summed E-state index contributed by atoms with van der Waals surface area (Å²) in [6.07, 6.45) is 1.30. The Labute approximate surface area is 200 Å². The van der Waals surface area contributed by atoms with Crippen molar-refractivity contribution in [3.8, 4) is 23.0 Å². The second kappa shape index (κ2) is 8.97. The number of hydrogen-bond acceptors (Lipinski definition) is 8. The van der Waals surface area contributed by atoms with Crippen molar-refractivity contribution >= 4 is 58.2 Å². The van der Waals surface area contributed by atoms with Crippen LogP contribution in [0, 0.1) is 3.57 Å². The van der Waals surface area contributed by atoms with Crippen LogP contribution in [0.15, 0.2) is 35.9 Å². The Hall–Kier alpha value is -3.81. The van der Waals surface area contributed by atoms with E-state index in [1.54, 1.807) is 12.1 Å². The molecule has 0 bridgehead atoms. The first-order chi connectivity index (χ1) is 15.8. The molecule has 2 N–H and O–H groups in total. The number of anilines is 1. The van der Waals surface area contributed by atoms with Crippen molar-refractivity contribution in [2.75, 3.05) is 25.4 Å². The van der Waals surface area contributed by atoms with E-state index < -0.39 is 30.4 Å². The summed E-state index contributed by atoms with van der Waals surface area (Å²) in [5.74, 6) is -1.59. The van der Waals surface area contributed by atoms with Gasteiger partial charge in [-0.1, -0.05) is 0 Å². The van der Waals surface area contributed by atoms with Crippen LogP contribution in [0.4, 0.5) is 10.5 Å². The minimum Gasteiger partial charge on any atom is -0.493 e. The van der Waals surface area contributed by atoms with Gasteiger partial charge in [0.2, 0.25) is 6.79 Å². The van der Waals surface area contributed by atoms with Gasteiger partial charge in [0.1, 0.15) is 5.57 Å².